The van der Waals surface area contributed by atoms with Crippen LogP contribution in [0.4, 0.5) is 0 Å². The molecule has 2 atom stereocenters. The summed E-state index contributed by atoms with van der Waals surface area (Å²) in [5.74, 6) is 0.623. The van der Waals surface area contributed by atoms with Gasteiger partial charge in [-0.1, -0.05) is 21.2 Å². The number of halogens is 1. The monoisotopic (exact) mass is 258 g/mol. The lowest BCUT2D eigenvalue weighted by atomic mass is 10.1. The van der Waals surface area contributed by atoms with E-state index in [9.17, 15) is 0 Å². The molecule has 0 saturated carbocycles. The molecular formula is C8H11BrN4O. The Hall–Kier alpha value is -0.910. The fourth-order valence-electron chi connectivity index (χ4n) is 1.59. The molecule has 0 radical (unpaired) electrons. The molecule has 0 amide bonds. The first-order chi connectivity index (χ1) is 6.77. The molecule has 14 heavy (non-hydrogen) atoms. The standard InChI is InChI=1S/C8H11BrN4O/c1-3-13-7-5(9)4-10-8(14-2)6(7)11-12-13/h4,6-7H,3H2,1-2H3. The third-order valence-corrected chi connectivity index (χ3v) is 2.97. The Kier molecular flexibility index (Phi) is 2.54. The molecule has 76 valence electrons. The van der Waals surface area contributed by atoms with E-state index >= 15 is 0 Å². The highest BCUT2D eigenvalue weighted by Crippen LogP contribution is 2.31. The van der Waals surface area contributed by atoms with Gasteiger partial charge in [0.15, 0.2) is 6.04 Å². The van der Waals surface area contributed by atoms with Gasteiger partial charge in [0.2, 0.25) is 5.90 Å². The summed E-state index contributed by atoms with van der Waals surface area (Å²) < 4.78 is 6.15. The summed E-state index contributed by atoms with van der Waals surface area (Å²) in [4.78, 5) is 4.15. The van der Waals surface area contributed by atoms with Crippen LogP contribution in [0.15, 0.2) is 26.0 Å². The minimum Gasteiger partial charge on any atom is -0.482 e. The fraction of sp³-hybridized carbons (Fsp3) is 0.625. The predicted octanol–water partition coefficient (Wildman–Crippen LogP) is 1.72. The molecule has 0 N–H and O–H groups in total. The van der Waals surface area contributed by atoms with Gasteiger partial charge in [-0.15, -0.1) is 0 Å². The lowest BCUT2D eigenvalue weighted by Gasteiger charge is -2.26. The molecule has 2 aliphatic rings. The van der Waals surface area contributed by atoms with Crippen molar-refractivity contribution in [3.63, 3.8) is 0 Å². The topological polar surface area (TPSA) is 49.5 Å². The van der Waals surface area contributed by atoms with Crippen LogP contribution in [0, 0.1) is 0 Å². The molecule has 2 heterocycles. The van der Waals surface area contributed by atoms with Gasteiger partial charge < -0.3 is 4.74 Å². The predicted molar refractivity (Wildman–Crippen MR) is 56.3 cm³/mol. The number of hydrogen-bond acceptors (Lipinski definition) is 5. The molecule has 0 saturated heterocycles. The van der Waals surface area contributed by atoms with Gasteiger partial charge in [-0.25, -0.2) is 4.99 Å². The molecule has 0 aromatic rings. The highest BCUT2D eigenvalue weighted by Gasteiger charge is 2.40. The van der Waals surface area contributed by atoms with E-state index < -0.39 is 0 Å². The molecule has 2 unspecified atom stereocenters. The Morgan fingerprint density at radius 3 is 3.07 bits per heavy atom. The first kappa shape index (κ1) is 9.64. The average molecular weight is 259 g/mol. The molecular weight excluding hydrogens is 248 g/mol. The average Bonchev–Trinajstić information content (AvgIpc) is 2.63. The Bertz CT molecular complexity index is 325. The number of nitrogens with zero attached hydrogens (tertiary/aromatic N) is 4. The van der Waals surface area contributed by atoms with Crippen molar-refractivity contribution >= 4 is 21.8 Å². The number of ether oxygens (including phenoxy) is 1. The SMILES string of the molecule is CCN1N=NC2C(OC)=NC=C(Br)C21. The Labute approximate surface area is 90.6 Å². The maximum atomic E-state index is 5.15. The molecule has 0 bridgehead atoms. The number of hydrogen-bond donors (Lipinski definition) is 0. The van der Waals surface area contributed by atoms with Crippen LogP contribution in [0.3, 0.4) is 0 Å². The van der Waals surface area contributed by atoms with Crippen LogP contribution in [0.2, 0.25) is 0 Å². The lowest BCUT2D eigenvalue weighted by Crippen LogP contribution is -2.41. The minimum absolute atomic E-state index is 0.0978. The van der Waals surface area contributed by atoms with Gasteiger partial charge in [-0.2, -0.15) is 5.11 Å². The van der Waals surface area contributed by atoms with Gasteiger partial charge in [-0.3, -0.25) is 5.01 Å². The zero-order valence-electron chi connectivity index (χ0n) is 8.01. The van der Waals surface area contributed by atoms with E-state index in [-0.39, 0.29) is 12.1 Å². The summed E-state index contributed by atoms with van der Waals surface area (Å²) >= 11 is 3.47. The van der Waals surface area contributed by atoms with Crippen LogP contribution in [-0.4, -0.2) is 36.6 Å². The molecule has 0 aliphatic carbocycles. The van der Waals surface area contributed by atoms with Crippen LogP contribution in [-0.2, 0) is 4.74 Å². The summed E-state index contributed by atoms with van der Waals surface area (Å²) in [6.07, 6.45) is 1.75. The normalized spacial score (nSPS) is 29.8. The van der Waals surface area contributed by atoms with E-state index in [1.165, 1.54) is 0 Å². The lowest BCUT2D eigenvalue weighted by molar-refractivity contribution is 0.266. The molecule has 0 spiro atoms. The third-order valence-electron chi connectivity index (χ3n) is 2.29. The number of fused-ring (bicyclic) bond motifs is 1. The summed E-state index contributed by atoms with van der Waals surface area (Å²) in [7, 11) is 1.60. The second-order valence-corrected chi connectivity index (χ2v) is 3.95. The zero-order chi connectivity index (χ0) is 10.1. The van der Waals surface area contributed by atoms with Crippen molar-refractivity contribution in [1.82, 2.24) is 5.01 Å². The number of rotatable bonds is 1. The van der Waals surface area contributed by atoms with Crippen LogP contribution < -0.4 is 0 Å². The maximum Gasteiger partial charge on any atom is 0.217 e. The molecule has 2 aliphatic heterocycles. The second-order valence-electron chi connectivity index (χ2n) is 3.04. The van der Waals surface area contributed by atoms with Crippen LogP contribution >= 0.6 is 15.9 Å². The molecule has 0 aromatic heterocycles. The summed E-state index contributed by atoms with van der Waals surface area (Å²) in [6, 6.07) is 0.0202. The number of aliphatic imine (C=N–C) groups is 1. The van der Waals surface area contributed by atoms with Crippen molar-refractivity contribution in [2.75, 3.05) is 13.7 Å². The Morgan fingerprint density at radius 2 is 2.43 bits per heavy atom. The minimum atomic E-state index is -0.0978. The van der Waals surface area contributed by atoms with Gasteiger partial charge in [0, 0.05) is 17.2 Å². The van der Waals surface area contributed by atoms with Gasteiger partial charge >= 0.3 is 0 Å². The van der Waals surface area contributed by atoms with E-state index in [2.05, 4.69) is 31.3 Å². The van der Waals surface area contributed by atoms with Gasteiger partial charge in [0.25, 0.3) is 0 Å². The highest BCUT2D eigenvalue weighted by molar-refractivity contribution is 9.11. The molecule has 6 heteroatoms. The maximum absolute atomic E-state index is 5.15. The van der Waals surface area contributed by atoms with Crippen molar-refractivity contribution in [3.05, 3.63) is 10.7 Å². The van der Waals surface area contributed by atoms with Crippen LogP contribution in [0.5, 0.6) is 0 Å². The van der Waals surface area contributed by atoms with Crippen molar-refractivity contribution in [2.24, 2.45) is 15.3 Å². The van der Waals surface area contributed by atoms with Crippen molar-refractivity contribution in [1.29, 1.82) is 0 Å². The quantitative estimate of drug-likeness (QED) is 0.719. The summed E-state index contributed by atoms with van der Waals surface area (Å²) in [5.41, 5.74) is 0. The van der Waals surface area contributed by atoms with E-state index in [0.29, 0.717) is 5.90 Å². The third kappa shape index (κ3) is 1.33. The summed E-state index contributed by atoms with van der Waals surface area (Å²) in [6.45, 7) is 2.87. The van der Waals surface area contributed by atoms with E-state index in [4.69, 9.17) is 4.74 Å². The highest BCUT2D eigenvalue weighted by atomic mass is 79.9. The molecule has 0 fully saturated rings. The van der Waals surface area contributed by atoms with Crippen molar-refractivity contribution < 1.29 is 4.74 Å². The van der Waals surface area contributed by atoms with Gasteiger partial charge in [-0.05, 0) is 6.92 Å². The fourth-order valence-corrected chi connectivity index (χ4v) is 2.18. The van der Waals surface area contributed by atoms with Crippen molar-refractivity contribution in [3.8, 4) is 0 Å². The van der Waals surface area contributed by atoms with Crippen LogP contribution in [0.25, 0.3) is 0 Å². The number of methoxy groups -OCH3 is 1. The first-order valence-corrected chi connectivity index (χ1v) is 5.22. The van der Waals surface area contributed by atoms with Gasteiger partial charge in [0.05, 0.1) is 7.11 Å². The Morgan fingerprint density at radius 1 is 1.64 bits per heavy atom. The second kappa shape index (κ2) is 3.68. The van der Waals surface area contributed by atoms with Crippen molar-refractivity contribution in [2.45, 2.75) is 19.0 Å². The molecule has 0 aromatic carbocycles. The first-order valence-electron chi connectivity index (χ1n) is 4.42. The molecule has 5 nitrogen and oxygen atoms in total. The zero-order valence-corrected chi connectivity index (χ0v) is 9.60. The van der Waals surface area contributed by atoms with E-state index in [1.54, 1.807) is 13.3 Å². The van der Waals surface area contributed by atoms with E-state index in [0.717, 1.165) is 11.0 Å². The van der Waals surface area contributed by atoms with Crippen LogP contribution in [0.1, 0.15) is 6.92 Å². The summed E-state index contributed by atoms with van der Waals surface area (Å²) in [5, 5.41) is 10.1. The Balaban J connectivity index is 2.29. The number of likely N-dealkylation sites (N-methyl/N-ethyl adjacent to an activating group) is 1. The smallest absolute Gasteiger partial charge is 0.217 e. The molecule has 2 rings (SSSR count). The van der Waals surface area contributed by atoms with E-state index in [1.807, 2.05) is 11.9 Å². The van der Waals surface area contributed by atoms with Gasteiger partial charge in [0.1, 0.15) is 6.04 Å². The largest absolute Gasteiger partial charge is 0.482 e.